The summed E-state index contributed by atoms with van der Waals surface area (Å²) in [5.74, 6) is 3.56. The van der Waals surface area contributed by atoms with Crippen LogP contribution in [0.1, 0.15) is 25.3 Å². The van der Waals surface area contributed by atoms with Crippen molar-refractivity contribution in [1.29, 1.82) is 0 Å². The third-order valence-corrected chi connectivity index (χ3v) is 6.67. The number of ether oxygens (including phenoxy) is 1. The van der Waals surface area contributed by atoms with E-state index < -0.39 is 0 Å². The molecule has 9 nitrogen and oxygen atoms in total. The molecule has 1 saturated heterocycles. The Bertz CT molecular complexity index is 1560. The predicted octanol–water partition coefficient (Wildman–Crippen LogP) is 5.39. The van der Waals surface area contributed by atoms with Crippen molar-refractivity contribution in [1.82, 2.24) is 29.5 Å². The zero-order valence-electron chi connectivity index (χ0n) is 20.6. The highest BCUT2D eigenvalue weighted by atomic mass is 16.5. The number of rotatable bonds is 5. The Hall–Kier alpha value is -4.27. The molecule has 3 aromatic heterocycles. The minimum absolute atomic E-state index is 0.636. The van der Waals surface area contributed by atoms with Crippen LogP contribution >= 0.6 is 0 Å². The van der Waals surface area contributed by atoms with Gasteiger partial charge in [-0.25, -0.2) is 24.9 Å². The number of benzene rings is 2. The fourth-order valence-electron chi connectivity index (χ4n) is 4.74. The molecule has 2 aromatic carbocycles. The maximum atomic E-state index is 6.16. The lowest BCUT2D eigenvalue weighted by Crippen LogP contribution is -2.35. The molecule has 1 atom stereocenters. The van der Waals surface area contributed by atoms with Gasteiger partial charge in [0.15, 0.2) is 5.82 Å². The minimum atomic E-state index is 0.636. The molecule has 0 spiro atoms. The molecule has 1 fully saturated rings. The molecule has 9 heteroatoms. The largest absolute Gasteiger partial charge is 0.457 e. The molecule has 6 rings (SSSR count). The van der Waals surface area contributed by atoms with Crippen LogP contribution in [-0.2, 0) is 7.05 Å². The summed E-state index contributed by atoms with van der Waals surface area (Å²) in [6.45, 7) is 6.24. The molecule has 5 aromatic rings. The van der Waals surface area contributed by atoms with E-state index in [4.69, 9.17) is 9.72 Å². The van der Waals surface area contributed by atoms with Crippen LogP contribution in [-0.4, -0.2) is 42.6 Å². The molecule has 182 valence electrons. The van der Waals surface area contributed by atoms with Gasteiger partial charge >= 0.3 is 0 Å². The first-order valence-electron chi connectivity index (χ1n) is 12.2. The van der Waals surface area contributed by atoms with Crippen molar-refractivity contribution in [3.63, 3.8) is 0 Å². The van der Waals surface area contributed by atoms with E-state index in [2.05, 4.69) is 37.1 Å². The number of imidazole rings is 1. The molecule has 0 saturated carbocycles. The van der Waals surface area contributed by atoms with Gasteiger partial charge in [0.1, 0.15) is 28.9 Å². The molecule has 1 aliphatic rings. The van der Waals surface area contributed by atoms with Crippen molar-refractivity contribution in [2.75, 3.05) is 23.3 Å². The SMILES string of the molecule is Cc1cc(Nc2ncnc3cnc(N4CCCC(C)C4)nc23)ccc1Oc1ccc2c(c1)ncn2C. The fourth-order valence-corrected chi connectivity index (χ4v) is 4.74. The second-order valence-corrected chi connectivity index (χ2v) is 9.53. The van der Waals surface area contributed by atoms with Crippen LogP contribution in [0.3, 0.4) is 0 Å². The van der Waals surface area contributed by atoms with Gasteiger partial charge in [0.05, 0.1) is 23.6 Å². The van der Waals surface area contributed by atoms with Crippen LogP contribution in [0.5, 0.6) is 11.5 Å². The van der Waals surface area contributed by atoms with E-state index in [-0.39, 0.29) is 0 Å². The average Bonchev–Trinajstić information content (AvgIpc) is 3.25. The van der Waals surface area contributed by atoms with Gasteiger partial charge in [0.25, 0.3) is 0 Å². The van der Waals surface area contributed by atoms with E-state index in [1.54, 1.807) is 12.5 Å². The number of fused-ring (bicyclic) bond motifs is 2. The number of nitrogens with one attached hydrogen (secondary N) is 1. The highest BCUT2D eigenvalue weighted by molar-refractivity contribution is 5.87. The fraction of sp³-hybridized carbons (Fsp3) is 0.296. The topological polar surface area (TPSA) is 93.9 Å². The molecule has 0 bridgehead atoms. The Morgan fingerprint density at radius 1 is 1.03 bits per heavy atom. The Morgan fingerprint density at radius 3 is 2.81 bits per heavy atom. The van der Waals surface area contributed by atoms with Crippen molar-refractivity contribution >= 4 is 39.5 Å². The highest BCUT2D eigenvalue weighted by Gasteiger charge is 2.20. The molecule has 4 heterocycles. The predicted molar refractivity (Wildman–Crippen MR) is 141 cm³/mol. The van der Waals surface area contributed by atoms with Crippen LogP contribution < -0.4 is 15.0 Å². The molecule has 0 radical (unpaired) electrons. The number of anilines is 3. The minimum Gasteiger partial charge on any atom is -0.457 e. The van der Waals surface area contributed by atoms with Gasteiger partial charge in [0, 0.05) is 31.9 Å². The van der Waals surface area contributed by atoms with Crippen molar-refractivity contribution in [2.24, 2.45) is 13.0 Å². The number of aryl methyl sites for hydroxylation is 2. The second kappa shape index (κ2) is 9.07. The zero-order valence-corrected chi connectivity index (χ0v) is 20.6. The number of hydrogen-bond donors (Lipinski definition) is 1. The van der Waals surface area contributed by atoms with Gasteiger partial charge in [-0.05, 0) is 61.6 Å². The molecular formula is C27H28N8O. The Balaban J connectivity index is 1.25. The van der Waals surface area contributed by atoms with Gasteiger partial charge in [-0.15, -0.1) is 0 Å². The monoisotopic (exact) mass is 480 g/mol. The Kier molecular flexibility index (Phi) is 5.59. The first-order chi connectivity index (χ1) is 17.5. The van der Waals surface area contributed by atoms with E-state index in [1.165, 1.54) is 12.7 Å². The number of aromatic nitrogens is 6. The summed E-state index contributed by atoms with van der Waals surface area (Å²) in [6.07, 6.45) is 7.52. The van der Waals surface area contributed by atoms with Gasteiger partial charge in [-0.3, -0.25) is 0 Å². The summed E-state index contributed by atoms with van der Waals surface area (Å²) in [7, 11) is 1.98. The van der Waals surface area contributed by atoms with E-state index in [9.17, 15) is 0 Å². The maximum Gasteiger partial charge on any atom is 0.226 e. The first-order valence-corrected chi connectivity index (χ1v) is 12.2. The summed E-state index contributed by atoms with van der Waals surface area (Å²) in [4.78, 5) is 24.9. The first kappa shape index (κ1) is 22.2. The number of piperidine rings is 1. The highest BCUT2D eigenvalue weighted by Crippen LogP contribution is 2.31. The van der Waals surface area contributed by atoms with Gasteiger partial charge in [-0.1, -0.05) is 6.92 Å². The molecule has 1 unspecified atom stereocenters. The van der Waals surface area contributed by atoms with Gasteiger partial charge in [-0.2, -0.15) is 0 Å². The van der Waals surface area contributed by atoms with Crippen LogP contribution in [0.25, 0.3) is 22.1 Å². The van der Waals surface area contributed by atoms with Crippen molar-refractivity contribution < 1.29 is 4.74 Å². The Labute approximate surface area is 209 Å². The van der Waals surface area contributed by atoms with Crippen molar-refractivity contribution in [3.05, 3.63) is 60.8 Å². The molecular weight excluding hydrogens is 452 g/mol. The summed E-state index contributed by atoms with van der Waals surface area (Å²) >= 11 is 0. The van der Waals surface area contributed by atoms with Gasteiger partial charge in [0.2, 0.25) is 5.95 Å². The normalized spacial score (nSPS) is 16.0. The number of hydrogen-bond acceptors (Lipinski definition) is 8. The maximum absolute atomic E-state index is 6.16. The second-order valence-electron chi connectivity index (χ2n) is 9.53. The van der Waals surface area contributed by atoms with E-state index >= 15 is 0 Å². The van der Waals surface area contributed by atoms with Crippen LogP contribution in [0.15, 0.2) is 55.2 Å². The summed E-state index contributed by atoms with van der Waals surface area (Å²) in [5, 5.41) is 3.42. The van der Waals surface area contributed by atoms with E-state index in [0.717, 1.165) is 59.2 Å². The standard InChI is InChI=1S/C27H28N8O/c1-17-5-4-10-35(14-17)27-28-13-22-25(33-27)26(30-15-29-22)32-19-6-9-24(18(2)11-19)36-20-7-8-23-21(12-20)31-16-34(23)3/h6-9,11-13,15-17H,4-5,10,14H2,1-3H3,(H,29,30,32). The molecule has 0 amide bonds. The van der Waals surface area contributed by atoms with Crippen LogP contribution in [0.4, 0.5) is 17.5 Å². The Morgan fingerprint density at radius 2 is 1.94 bits per heavy atom. The van der Waals surface area contributed by atoms with E-state index in [1.807, 2.05) is 54.9 Å². The third kappa shape index (κ3) is 4.28. The lowest BCUT2D eigenvalue weighted by molar-refractivity contribution is 0.442. The number of nitrogens with zero attached hydrogens (tertiary/aromatic N) is 7. The smallest absolute Gasteiger partial charge is 0.226 e. The lowest BCUT2D eigenvalue weighted by atomic mass is 10.0. The van der Waals surface area contributed by atoms with Gasteiger partial charge < -0.3 is 19.5 Å². The molecule has 0 aliphatic carbocycles. The van der Waals surface area contributed by atoms with E-state index in [0.29, 0.717) is 22.8 Å². The van der Waals surface area contributed by atoms with Crippen LogP contribution in [0, 0.1) is 12.8 Å². The lowest BCUT2D eigenvalue weighted by Gasteiger charge is -2.30. The van der Waals surface area contributed by atoms with Crippen molar-refractivity contribution in [3.8, 4) is 11.5 Å². The third-order valence-electron chi connectivity index (χ3n) is 6.67. The van der Waals surface area contributed by atoms with Crippen molar-refractivity contribution in [2.45, 2.75) is 26.7 Å². The summed E-state index contributed by atoms with van der Waals surface area (Å²) in [5.41, 5.74) is 5.29. The quantitative estimate of drug-likeness (QED) is 0.358. The average molecular weight is 481 g/mol. The van der Waals surface area contributed by atoms with Crippen LogP contribution in [0.2, 0.25) is 0 Å². The molecule has 36 heavy (non-hydrogen) atoms. The molecule has 1 aliphatic heterocycles. The summed E-state index contributed by atoms with van der Waals surface area (Å²) in [6, 6.07) is 11.9. The molecule has 1 N–H and O–H groups in total. The summed E-state index contributed by atoms with van der Waals surface area (Å²) < 4.78 is 8.15. The zero-order chi connectivity index (χ0) is 24.6.